The molecule has 1 aliphatic rings. The molecule has 1 aromatic carbocycles. The van der Waals surface area contributed by atoms with E-state index >= 15 is 0 Å². The van der Waals surface area contributed by atoms with Gasteiger partial charge in [-0.25, -0.2) is 4.39 Å². The van der Waals surface area contributed by atoms with Crippen LogP contribution in [0.1, 0.15) is 38.5 Å². The molecule has 0 spiro atoms. The fraction of sp³-hybridized carbons (Fsp3) is 0.500. The van der Waals surface area contributed by atoms with E-state index in [0.29, 0.717) is 18.0 Å². The molecule has 2 rings (SSSR count). The van der Waals surface area contributed by atoms with Crippen molar-refractivity contribution in [3.8, 4) is 0 Å². The van der Waals surface area contributed by atoms with Gasteiger partial charge in [-0.3, -0.25) is 14.4 Å². The van der Waals surface area contributed by atoms with E-state index < -0.39 is 30.2 Å². The maximum Gasteiger partial charge on any atom is 0.306 e. The Bertz CT molecular complexity index is 598. The SMILES string of the molecule is O=C(COC(=O)CCC1CCCC1)NCC(=O)Nc1ccc(F)cc1. The van der Waals surface area contributed by atoms with E-state index in [1.807, 2.05) is 0 Å². The monoisotopic (exact) mass is 350 g/mol. The lowest BCUT2D eigenvalue weighted by Gasteiger charge is -2.09. The lowest BCUT2D eigenvalue weighted by Crippen LogP contribution is -2.35. The highest BCUT2D eigenvalue weighted by molar-refractivity contribution is 5.94. The molecular weight excluding hydrogens is 327 g/mol. The van der Waals surface area contributed by atoms with Crippen molar-refractivity contribution in [2.45, 2.75) is 38.5 Å². The van der Waals surface area contributed by atoms with Crippen molar-refractivity contribution in [3.63, 3.8) is 0 Å². The number of rotatable bonds is 8. The molecule has 0 radical (unpaired) electrons. The average molecular weight is 350 g/mol. The number of hydrogen-bond donors (Lipinski definition) is 2. The Morgan fingerprint density at radius 2 is 1.76 bits per heavy atom. The number of esters is 1. The van der Waals surface area contributed by atoms with Crippen LogP contribution in [0.15, 0.2) is 24.3 Å². The molecule has 1 saturated carbocycles. The van der Waals surface area contributed by atoms with Crippen molar-refractivity contribution in [1.82, 2.24) is 5.32 Å². The molecule has 0 aromatic heterocycles. The van der Waals surface area contributed by atoms with Gasteiger partial charge in [0.1, 0.15) is 5.82 Å². The molecule has 0 heterocycles. The molecule has 0 aliphatic heterocycles. The summed E-state index contributed by atoms with van der Waals surface area (Å²) >= 11 is 0. The molecular formula is C18H23FN2O4. The number of benzene rings is 1. The molecule has 1 aromatic rings. The number of carbonyl (C=O) groups excluding carboxylic acids is 3. The lowest BCUT2D eigenvalue weighted by molar-refractivity contribution is -0.148. The molecule has 0 saturated heterocycles. The summed E-state index contributed by atoms with van der Waals surface area (Å²) in [7, 11) is 0. The minimum atomic E-state index is -0.538. The van der Waals surface area contributed by atoms with Crippen molar-refractivity contribution in [2.75, 3.05) is 18.5 Å². The predicted molar refractivity (Wildman–Crippen MR) is 90.2 cm³/mol. The molecule has 25 heavy (non-hydrogen) atoms. The Balaban J connectivity index is 1.57. The molecule has 1 fully saturated rings. The number of anilines is 1. The van der Waals surface area contributed by atoms with Crippen LogP contribution in [0.4, 0.5) is 10.1 Å². The average Bonchev–Trinajstić information content (AvgIpc) is 3.12. The molecule has 136 valence electrons. The zero-order chi connectivity index (χ0) is 18.1. The van der Waals surface area contributed by atoms with Gasteiger partial charge in [-0.2, -0.15) is 0 Å². The van der Waals surface area contributed by atoms with Crippen molar-refractivity contribution in [3.05, 3.63) is 30.1 Å². The minimum Gasteiger partial charge on any atom is -0.456 e. The second kappa shape index (κ2) is 9.76. The summed E-state index contributed by atoms with van der Waals surface area (Å²) in [4.78, 5) is 34.9. The van der Waals surface area contributed by atoms with Gasteiger partial charge >= 0.3 is 5.97 Å². The summed E-state index contributed by atoms with van der Waals surface area (Å²) in [5.74, 6) is -1.19. The molecule has 0 atom stereocenters. The van der Waals surface area contributed by atoms with Crippen LogP contribution in [0.25, 0.3) is 0 Å². The lowest BCUT2D eigenvalue weighted by atomic mass is 10.0. The molecule has 0 unspecified atom stereocenters. The van der Waals surface area contributed by atoms with E-state index in [0.717, 1.165) is 19.3 Å². The Morgan fingerprint density at radius 3 is 2.44 bits per heavy atom. The van der Waals surface area contributed by atoms with Crippen LogP contribution in [0.5, 0.6) is 0 Å². The quantitative estimate of drug-likeness (QED) is 0.705. The highest BCUT2D eigenvalue weighted by Gasteiger charge is 2.17. The van der Waals surface area contributed by atoms with Crippen LogP contribution in [0, 0.1) is 11.7 Å². The number of hydrogen-bond acceptors (Lipinski definition) is 4. The first-order valence-electron chi connectivity index (χ1n) is 8.50. The third kappa shape index (κ3) is 7.32. The van der Waals surface area contributed by atoms with Crippen LogP contribution >= 0.6 is 0 Å². The molecule has 2 N–H and O–H groups in total. The number of halogens is 1. The number of amides is 2. The van der Waals surface area contributed by atoms with Crippen LogP contribution in [-0.2, 0) is 19.1 Å². The third-order valence-corrected chi connectivity index (χ3v) is 4.17. The maximum absolute atomic E-state index is 12.8. The summed E-state index contributed by atoms with van der Waals surface area (Å²) in [5, 5.41) is 4.88. The second-order valence-electron chi connectivity index (χ2n) is 6.18. The molecule has 0 bridgehead atoms. The van der Waals surface area contributed by atoms with E-state index in [2.05, 4.69) is 10.6 Å². The van der Waals surface area contributed by atoms with Crippen molar-refractivity contribution in [1.29, 1.82) is 0 Å². The Hall–Kier alpha value is -2.44. The van der Waals surface area contributed by atoms with E-state index in [1.165, 1.54) is 37.1 Å². The fourth-order valence-electron chi connectivity index (χ4n) is 2.81. The highest BCUT2D eigenvalue weighted by Crippen LogP contribution is 2.28. The molecule has 7 heteroatoms. The normalized spacial score (nSPS) is 14.1. The molecule has 6 nitrogen and oxygen atoms in total. The second-order valence-corrected chi connectivity index (χ2v) is 6.18. The van der Waals surface area contributed by atoms with Gasteiger partial charge in [0, 0.05) is 12.1 Å². The van der Waals surface area contributed by atoms with Gasteiger partial charge < -0.3 is 15.4 Å². The summed E-state index contributed by atoms with van der Waals surface area (Å²) < 4.78 is 17.7. The Labute approximate surface area is 146 Å². The fourth-order valence-corrected chi connectivity index (χ4v) is 2.81. The zero-order valence-corrected chi connectivity index (χ0v) is 14.1. The Kier molecular flexibility index (Phi) is 7.37. The standard InChI is InChI=1S/C18H23FN2O4/c19-14-6-8-15(9-7-14)21-16(22)11-20-17(23)12-25-18(24)10-5-13-3-1-2-4-13/h6-9,13H,1-5,10-12H2,(H,20,23)(H,21,22). The van der Waals surface area contributed by atoms with Crippen molar-refractivity contribution >= 4 is 23.5 Å². The van der Waals surface area contributed by atoms with Gasteiger partial charge in [-0.1, -0.05) is 25.7 Å². The number of ether oxygens (including phenoxy) is 1. The summed E-state index contributed by atoms with van der Waals surface area (Å²) in [5.41, 5.74) is 0.430. The molecule has 1 aliphatic carbocycles. The van der Waals surface area contributed by atoms with Gasteiger partial charge in [0.2, 0.25) is 5.91 Å². The number of carbonyl (C=O) groups is 3. The van der Waals surface area contributed by atoms with Gasteiger partial charge in [0.25, 0.3) is 5.91 Å². The van der Waals surface area contributed by atoms with Crippen LogP contribution in [-0.4, -0.2) is 30.9 Å². The van der Waals surface area contributed by atoms with Crippen molar-refractivity contribution < 1.29 is 23.5 Å². The summed E-state index contributed by atoms with van der Waals surface area (Å²) in [6, 6.07) is 5.28. The van der Waals surface area contributed by atoms with Crippen LogP contribution in [0.3, 0.4) is 0 Å². The molecule has 2 amide bonds. The van der Waals surface area contributed by atoms with E-state index in [4.69, 9.17) is 4.74 Å². The summed E-state index contributed by atoms with van der Waals surface area (Å²) in [6.07, 6.45) is 5.90. The largest absolute Gasteiger partial charge is 0.456 e. The Morgan fingerprint density at radius 1 is 1.08 bits per heavy atom. The van der Waals surface area contributed by atoms with Gasteiger partial charge in [0.15, 0.2) is 6.61 Å². The first kappa shape index (κ1) is 18.9. The maximum atomic E-state index is 12.8. The smallest absolute Gasteiger partial charge is 0.306 e. The number of nitrogens with one attached hydrogen (secondary N) is 2. The highest BCUT2D eigenvalue weighted by atomic mass is 19.1. The van der Waals surface area contributed by atoms with Gasteiger partial charge in [-0.15, -0.1) is 0 Å². The minimum absolute atomic E-state index is 0.254. The van der Waals surface area contributed by atoms with Crippen LogP contribution < -0.4 is 10.6 Å². The van der Waals surface area contributed by atoms with Gasteiger partial charge in [0.05, 0.1) is 6.54 Å². The predicted octanol–water partition coefficient (Wildman–Crippen LogP) is 2.39. The zero-order valence-electron chi connectivity index (χ0n) is 14.1. The first-order chi connectivity index (χ1) is 12.0. The van der Waals surface area contributed by atoms with Crippen molar-refractivity contribution in [2.24, 2.45) is 5.92 Å². The third-order valence-electron chi connectivity index (χ3n) is 4.17. The first-order valence-corrected chi connectivity index (χ1v) is 8.50. The van der Waals surface area contributed by atoms with E-state index in [9.17, 15) is 18.8 Å². The van der Waals surface area contributed by atoms with E-state index in [1.54, 1.807) is 0 Å². The van der Waals surface area contributed by atoms with E-state index in [-0.39, 0.29) is 6.54 Å². The summed E-state index contributed by atoms with van der Waals surface area (Å²) in [6.45, 7) is -0.650. The van der Waals surface area contributed by atoms with Crippen LogP contribution in [0.2, 0.25) is 0 Å². The topological polar surface area (TPSA) is 84.5 Å². The van der Waals surface area contributed by atoms with Gasteiger partial charge in [-0.05, 0) is 36.6 Å².